The standard InChI is InChI=1S/C14H26NO2/c1-6-12(4)9-13(7-2)10-14(8-3)11-17-15(5)16/h7,9,14H,6,8,10-11H2,1-5H3/q+1. The Bertz CT molecular complexity index is 293. The molecule has 3 nitrogen and oxygen atoms in total. The molecule has 0 aliphatic carbocycles. The highest BCUT2D eigenvalue weighted by Gasteiger charge is 2.12. The summed E-state index contributed by atoms with van der Waals surface area (Å²) in [4.78, 5) is 16.2. The molecule has 0 fully saturated rings. The van der Waals surface area contributed by atoms with Crippen molar-refractivity contribution in [1.82, 2.24) is 0 Å². The normalized spacial score (nSPS) is 14.6. The van der Waals surface area contributed by atoms with Gasteiger partial charge in [0.15, 0.2) is 6.61 Å². The van der Waals surface area contributed by atoms with E-state index in [0.717, 1.165) is 19.3 Å². The first kappa shape index (κ1) is 15.9. The molecular formula is C14H26NO2+. The molecule has 0 saturated heterocycles. The van der Waals surface area contributed by atoms with Crippen molar-refractivity contribution in [3.05, 3.63) is 28.2 Å². The molecule has 0 aromatic rings. The first-order chi connectivity index (χ1) is 8.03. The average Bonchev–Trinajstić information content (AvgIpc) is 2.32. The van der Waals surface area contributed by atoms with Crippen LogP contribution in [0, 0.1) is 10.8 Å². The minimum absolute atomic E-state index is 0.401. The van der Waals surface area contributed by atoms with Crippen LogP contribution in [-0.2, 0) is 4.84 Å². The minimum Gasteiger partial charge on any atom is -0.232 e. The predicted molar refractivity (Wildman–Crippen MR) is 71.7 cm³/mol. The van der Waals surface area contributed by atoms with Crippen LogP contribution >= 0.6 is 0 Å². The van der Waals surface area contributed by atoms with Crippen molar-refractivity contribution < 1.29 is 9.76 Å². The minimum atomic E-state index is 0.401. The Morgan fingerprint density at radius 1 is 1.41 bits per heavy atom. The molecule has 98 valence electrons. The molecule has 1 atom stereocenters. The summed E-state index contributed by atoms with van der Waals surface area (Å²) in [5.74, 6) is 0.401. The maximum atomic E-state index is 10.7. The lowest BCUT2D eigenvalue weighted by Crippen LogP contribution is -2.13. The van der Waals surface area contributed by atoms with Gasteiger partial charge < -0.3 is 0 Å². The molecule has 0 amide bonds. The smallest absolute Gasteiger partial charge is 0.232 e. The van der Waals surface area contributed by atoms with E-state index in [2.05, 4.69) is 39.8 Å². The largest absolute Gasteiger partial charge is 0.239 e. The van der Waals surface area contributed by atoms with E-state index >= 15 is 0 Å². The zero-order valence-electron chi connectivity index (χ0n) is 11.8. The second-order valence-electron chi connectivity index (χ2n) is 4.42. The third-order valence-electron chi connectivity index (χ3n) is 2.95. The maximum absolute atomic E-state index is 10.7. The Balaban J connectivity index is 4.38. The molecule has 0 N–H and O–H groups in total. The number of rotatable bonds is 8. The van der Waals surface area contributed by atoms with Gasteiger partial charge in [0.2, 0.25) is 12.0 Å². The summed E-state index contributed by atoms with van der Waals surface area (Å²) in [6.45, 7) is 8.98. The zero-order chi connectivity index (χ0) is 13.3. The Hall–Kier alpha value is -1.12. The lowest BCUT2D eigenvalue weighted by Gasteiger charge is -2.12. The number of nitrogens with zero attached hydrogens (tertiary/aromatic N) is 1. The molecule has 17 heavy (non-hydrogen) atoms. The fourth-order valence-corrected chi connectivity index (χ4v) is 1.54. The molecule has 0 aromatic carbocycles. The Kier molecular flexibility index (Phi) is 8.38. The summed E-state index contributed by atoms with van der Waals surface area (Å²) >= 11 is 0. The molecular weight excluding hydrogens is 214 g/mol. The van der Waals surface area contributed by atoms with E-state index in [1.165, 1.54) is 18.2 Å². The van der Waals surface area contributed by atoms with Gasteiger partial charge in [-0.2, -0.15) is 0 Å². The second-order valence-corrected chi connectivity index (χ2v) is 4.42. The molecule has 0 saturated carbocycles. The average molecular weight is 240 g/mol. The van der Waals surface area contributed by atoms with Crippen LogP contribution in [0.2, 0.25) is 0 Å². The summed E-state index contributed by atoms with van der Waals surface area (Å²) in [6, 6.07) is 0. The van der Waals surface area contributed by atoms with Crippen LogP contribution in [0.4, 0.5) is 0 Å². The fourth-order valence-electron chi connectivity index (χ4n) is 1.54. The van der Waals surface area contributed by atoms with Crippen molar-refractivity contribution in [3.8, 4) is 0 Å². The molecule has 0 spiro atoms. The Morgan fingerprint density at radius 3 is 2.47 bits per heavy atom. The summed E-state index contributed by atoms with van der Waals surface area (Å²) in [6.07, 6.45) is 7.45. The molecule has 0 bridgehead atoms. The van der Waals surface area contributed by atoms with Crippen molar-refractivity contribution in [2.75, 3.05) is 13.7 Å². The van der Waals surface area contributed by atoms with Gasteiger partial charge in [-0.3, -0.25) is 0 Å². The van der Waals surface area contributed by atoms with Crippen LogP contribution in [0.25, 0.3) is 0 Å². The summed E-state index contributed by atoms with van der Waals surface area (Å²) in [5, 5.41) is 0. The number of allylic oxidation sites excluding steroid dienone is 4. The molecule has 0 aliphatic heterocycles. The van der Waals surface area contributed by atoms with Crippen molar-refractivity contribution in [2.24, 2.45) is 5.92 Å². The van der Waals surface area contributed by atoms with Gasteiger partial charge in [0.25, 0.3) is 0 Å². The Morgan fingerprint density at radius 2 is 2.06 bits per heavy atom. The summed E-state index contributed by atoms with van der Waals surface area (Å²) in [5.41, 5.74) is 2.71. The van der Waals surface area contributed by atoms with Gasteiger partial charge in [0, 0.05) is 5.92 Å². The molecule has 0 radical (unpaired) electrons. The van der Waals surface area contributed by atoms with E-state index in [-0.39, 0.29) is 0 Å². The molecule has 0 aliphatic rings. The quantitative estimate of drug-likeness (QED) is 0.473. The van der Waals surface area contributed by atoms with Crippen molar-refractivity contribution in [3.63, 3.8) is 0 Å². The molecule has 0 aromatic heterocycles. The number of hydrogen-bond acceptors (Lipinski definition) is 2. The highest BCUT2D eigenvalue weighted by atomic mass is 16.8. The number of hydrogen-bond donors (Lipinski definition) is 0. The van der Waals surface area contributed by atoms with Crippen LogP contribution in [0.3, 0.4) is 0 Å². The summed E-state index contributed by atoms with van der Waals surface area (Å²) < 4.78 is 0. The molecule has 1 unspecified atom stereocenters. The topological polar surface area (TPSA) is 29.3 Å². The van der Waals surface area contributed by atoms with Gasteiger partial charge in [0.05, 0.1) is 4.91 Å². The summed E-state index contributed by atoms with van der Waals surface area (Å²) in [7, 11) is 1.38. The molecule has 0 heterocycles. The van der Waals surface area contributed by atoms with Gasteiger partial charge in [-0.1, -0.05) is 37.1 Å². The van der Waals surface area contributed by atoms with Crippen LogP contribution in [0.1, 0.15) is 47.0 Å². The SMILES string of the molecule is CC=C(C=C(C)CC)CC(CC)CO[N+](C)=O. The Labute approximate surface area is 105 Å². The highest BCUT2D eigenvalue weighted by Crippen LogP contribution is 2.18. The highest BCUT2D eigenvalue weighted by molar-refractivity contribution is 5.22. The van der Waals surface area contributed by atoms with Crippen molar-refractivity contribution in [1.29, 1.82) is 0 Å². The van der Waals surface area contributed by atoms with Gasteiger partial charge in [-0.15, -0.1) is 0 Å². The van der Waals surface area contributed by atoms with E-state index in [1.54, 1.807) is 0 Å². The first-order valence-electron chi connectivity index (χ1n) is 6.39. The van der Waals surface area contributed by atoms with Crippen LogP contribution in [0.5, 0.6) is 0 Å². The van der Waals surface area contributed by atoms with Gasteiger partial charge in [-0.05, 0) is 33.1 Å². The lowest BCUT2D eigenvalue weighted by molar-refractivity contribution is -0.786. The van der Waals surface area contributed by atoms with E-state index in [0.29, 0.717) is 17.4 Å². The van der Waals surface area contributed by atoms with Crippen LogP contribution < -0.4 is 0 Å². The van der Waals surface area contributed by atoms with Crippen LogP contribution in [0.15, 0.2) is 23.3 Å². The van der Waals surface area contributed by atoms with Crippen molar-refractivity contribution >= 4 is 0 Å². The van der Waals surface area contributed by atoms with Gasteiger partial charge in [-0.25, -0.2) is 4.84 Å². The molecule has 0 rings (SSSR count). The first-order valence-corrected chi connectivity index (χ1v) is 6.39. The lowest BCUT2D eigenvalue weighted by atomic mass is 9.96. The van der Waals surface area contributed by atoms with Crippen LogP contribution in [-0.4, -0.2) is 18.6 Å². The van der Waals surface area contributed by atoms with E-state index in [4.69, 9.17) is 4.84 Å². The van der Waals surface area contributed by atoms with E-state index in [9.17, 15) is 4.91 Å². The fraction of sp³-hybridized carbons (Fsp3) is 0.714. The van der Waals surface area contributed by atoms with E-state index in [1.807, 2.05) is 0 Å². The zero-order valence-corrected chi connectivity index (χ0v) is 11.8. The second kappa shape index (κ2) is 8.97. The van der Waals surface area contributed by atoms with Crippen molar-refractivity contribution in [2.45, 2.75) is 47.0 Å². The predicted octanol–water partition coefficient (Wildman–Crippen LogP) is 4.05. The van der Waals surface area contributed by atoms with E-state index < -0.39 is 0 Å². The third-order valence-corrected chi connectivity index (χ3v) is 2.95. The van der Waals surface area contributed by atoms with Gasteiger partial charge in [0.1, 0.15) is 0 Å². The monoisotopic (exact) mass is 240 g/mol. The molecule has 3 heteroatoms. The maximum Gasteiger partial charge on any atom is 0.239 e. The van der Waals surface area contributed by atoms with Gasteiger partial charge >= 0.3 is 0 Å². The third kappa shape index (κ3) is 7.72.